The third-order valence-electron chi connectivity index (χ3n) is 5.54. The molecule has 2 aromatic rings. The van der Waals surface area contributed by atoms with Crippen LogP contribution in [0.25, 0.3) is 0 Å². The van der Waals surface area contributed by atoms with Gasteiger partial charge in [-0.25, -0.2) is 0 Å². The largest absolute Gasteiger partial charge is 0.483 e. The zero-order chi connectivity index (χ0) is 23.8. The molecule has 1 heterocycles. The van der Waals surface area contributed by atoms with Crippen LogP contribution < -0.4 is 10.1 Å². The van der Waals surface area contributed by atoms with Gasteiger partial charge in [-0.2, -0.15) is 0 Å². The van der Waals surface area contributed by atoms with Gasteiger partial charge < -0.3 is 15.0 Å². The lowest BCUT2D eigenvalue weighted by molar-refractivity contribution is -0.130. The molecular formula is C24H30Cl2N4O3. The fourth-order valence-corrected chi connectivity index (χ4v) is 3.80. The summed E-state index contributed by atoms with van der Waals surface area (Å²) in [6.07, 6.45) is 0. The van der Waals surface area contributed by atoms with Crippen molar-refractivity contribution < 1.29 is 14.3 Å². The maximum Gasteiger partial charge on any atom is 0.259 e. The first kappa shape index (κ1) is 25.3. The minimum Gasteiger partial charge on any atom is -0.483 e. The van der Waals surface area contributed by atoms with Gasteiger partial charge >= 0.3 is 0 Å². The Hall–Kier alpha value is -2.32. The van der Waals surface area contributed by atoms with Crippen LogP contribution in [-0.4, -0.2) is 86.5 Å². The number of amides is 2. The maximum absolute atomic E-state index is 12.7. The third-order valence-corrected chi connectivity index (χ3v) is 6.02. The second-order valence-corrected chi connectivity index (χ2v) is 9.09. The lowest BCUT2D eigenvalue weighted by Gasteiger charge is -2.34. The Morgan fingerprint density at radius 2 is 1.61 bits per heavy atom. The monoisotopic (exact) mass is 492 g/mol. The van der Waals surface area contributed by atoms with Crippen molar-refractivity contribution in [1.82, 2.24) is 20.0 Å². The fourth-order valence-electron chi connectivity index (χ4n) is 3.51. The number of nitrogens with one attached hydrogen (secondary N) is 1. The van der Waals surface area contributed by atoms with Gasteiger partial charge in [0.05, 0.1) is 5.56 Å². The quantitative estimate of drug-likeness (QED) is 0.582. The maximum atomic E-state index is 12.7. The highest BCUT2D eigenvalue weighted by molar-refractivity contribution is 6.31. The minimum atomic E-state index is -0.250. The van der Waals surface area contributed by atoms with E-state index < -0.39 is 0 Å². The molecule has 33 heavy (non-hydrogen) atoms. The van der Waals surface area contributed by atoms with Crippen LogP contribution in [-0.2, 0) is 11.3 Å². The average Bonchev–Trinajstić information content (AvgIpc) is 2.80. The number of hydrogen-bond acceptors (Lipinski definition) is 5. The molecule has 0 radical (unpaired) electrons. The molecule has 2 amide bonds. The lowest BCUT2D eigenvalue weighted by atomic mass is 10.2. The smallest absolute Gasteiger partial charge is 0.259 e. The van der Waals surface area contributed by atoms with Crippen LogP contribution in [0.1, 0.15) is 15.9 Å². The van der Waals surface area contributed by atoms with E-state index in [9.17, 15) is 9.59 Å². The Labute approximate surface area is 205 Å². The molecule has 7 nitrogen and oxygen atoms in total. The van der Waals surface area contributed by atoms with Crippen LogP contribution in [0.2, 0.25) is 10.0 Å². The van der Waals surface area contributed by atoms with Crippen molar-refractivity contribution in [3.8, 4) is 5.75 Å². The third kappa shape index (κ3) is 7.89. The number of likely N-dealkylation sites (N-methyl/N-ethyl adjacent to an activating group) is 1. The molecule has 0 atom stereocenters. The van der Waals surface area contributed by atoms with Gasteiger partial charge in [-0.3, -0.25) is 19.4 Å². The van der Waals surface area contributed by atoms with Crippen molar-refractivity contribution >= 4 is 35.0 Å². The number of carbonyl (C=O) groups is 2. The molecule has 1 aliphatic heterocycles. The molecule has 1 fully saturated rings. The molecule has 0 unspecified atom stereocenters. The van der Waals surface area contributed by atoms with Gasteiger partial charge in [0.25, 0.3) is 11.8 Å². The van der Waals surface area contributed by atoms with Crippen molar-refractivity contribution in [2.45, 2.75) is 6.54 Å². The van der Waals surface area contributed by atoms with Crippen molar-refractivity contribution in [3.05, 3.63) is 63.6 Å². The first-order valence-corrected chi connectivity index (χ1v) is 11.7. The van der Waals surface area contributed by atoms with Gasteiger partial charge in [0.1, 0.15) is 5.75 Å². The molecule has 3 rings (SSSR count). The summed E-state index contributed by atoms with van der Waals surface area (Å²) >= 11 is 12.0. The summed E-state index contributed by atoms with van der Waals surface area (Å²) < 4.78 is 5.57. The number of nitrogens with zero attached hydrogens (tertiary/aromatic N) is 3. The number of carbonyl (C=O) groups excluding carboxylic acids is 2. The van der Waals surface area contributed by atoms with E-state index in [-0.39, 0.29) is 18.4 Å². The van der Waals surface area contributed by atoms with E-state index in [1.807, 2.05) is 12.1 Å². The van der Waals surface area contributed by atoms with Crippen LogP contribution in [0.5, 0.6) is 5.75 Å². The minimum absolute atomic E-state index is 0.159. The number of hydrogen-bond donors (Lipinski definition) is 1. The lowest BCUT2D eigenvalue weighted by Crippen LogP contribution is -2.48. The van der Waals surface area contributed by atoms with Crippen LogP contribution in [0.15, 0.2) is 42.5 Å². The molecule has 0 bridgehead atoms. The highest BCUT2D eigenvalue weighted by Gasteiger charge is 2.18. The molecule has 0 spiro atoms. The summed E-state index contributed by atoms with van der Waals surface area (Å²) in [5.41, 5.74) is 1.62. The summed E-state index contributed by atoms with van der Waals surface area (Å²) in [5, 5.41) is 4.14. The molecule has 0 saturated carbocycles. The van der Waals surface area contributed by atoms with E-state index in [0.717, 1.165) is 44.3 Å². The molecule has 0 aliphatic carbocycles. The zero-order valence-electron chi connectivity index (χ0n) is 19.0. The SMILES string of the molecule is CN(C)C(=O)COc1cc(Cl)ccc1C(=O)NCCN1CCN(Cc2ccc(Cl)cc2)CC1. The molecule has 0 aromatic heterocycles. The highest BCUT2D eigenvalue weighted by atomic mass is 35.5. The van der Waals surface area contributed by atoms with E-state index in [2.05, 4.69) is 27.2 Å². The normalized spacial score (nSPS) is 14.7. The summed E-state index contributed by atoms with van der Waals surface area (Å²) in [6.45, 7) is 5.90. The average molecular weight is 493 g/mol. The predicted molar refractivity (Wildman–Crippen MR) is 131 cm³/mol. The van der Waals surface area contributed by atoms with Gasteiger partial charge in [-0.05, 0) is 35.9 Å². The Morgan fingerprint density at radius 1 is 0.970 bits per heavy atom. The van der Waals surface area contributed by atoms with Gasteiger partial charge in [0.15, 0.2) is 6.61 Å². The van der Waals surface area contributed by atoms with Crippen LogP contribution in [0, 0.1) is 0 Å². The number of piperazine rings is 1. The molecule has 1 aliphatic rings. The second-order valence-electron chi connectivity index (χ2n) is 8.22. The van der Waals surface area contributed by atoms with Gasteiger partial charge in [0, 0.05) is 70.0 Å². The van der Waals surface area contributed by atoms with Crippen LogP contribution in [0.4, 0.5) is 0 Å². The van der Waals surface area contributed by atoms with Crippen molar-refractivity contribution in [2.24, 2.45) is 0 Å². The standard InChI is InChI=1S/C24H30Cl2N4O3/c1-28(2)23(31)17-33-22-15-20(26)7-8-21(22)24(32)27-9-10-29-11-13-30(14-12-29)16-18-3-5-19(25)6-4-18/h3-8,15H,9-14,16-17H2,1-2H3,(H,27,32). The van der Waals surface area contributed by atoms with Crippen molar-refractivity contribution in [1.29, 1.82) is 0 Å². The Balaban J connectivity index is 1.43. The highest BCUT2D eigenvalue weighted by Crippen LogP contribution is 2.23. The fraction of sp³-hybridized carbons (Fsp3) is 0.417. The van der Waals surface area contributed by atoms with Crippen molar-refractivity contribution in [2.75, 3.05) is 60.0 Å². The second kappa shape index (κ2) is 12.2. The molecule has 9 heteroatoms. The van der Waals surface area contributed by atoms with E-state index in [4.69, 9.17) is 27.9 Å². The first-order chi connectivity index (χ1) is 15.8. The molecular weight excluding hydrogens is 463 g/mol. The van der Waals surface area contributed by atoms with Gasteiger partial charge in [0.2, 0.25) is 0 Å². The van der Waals surface area contributed by atoms with E-state index >= 15 is 0 Å². The van der Waals surface area contributed by atoms with Crippen molar-refractivity contribution in [3.63, 3.8) is 0 Å². The van der Waals surface area contributed by atoms with Crippen LogP contribution in [0.3, 0.4) is 0 Å². The predicted octanol–water partition coefficient (Wildman–Crippen LogP) is 3.01. The summed E-state index contributed by atoms with van der Waals surface area (Å²) in [4.78, 5) is 30.7. The van der Waals surface area contributed by atoms with E-state index in [0.29, 0.717) is 22.9 Å². The zero-order valence-corrected chi connectivity index (χ0v) is 20.5. The summed E-state index contributed by atoms with van der Waals surface area (Å²) in [6, 6.07) is 12.8. The number of halogens is 2. The van der Waals surface area contributed by atoms with E-state index in [1.54, 1.807) is 32.3 Å². The molecule has 2 aromatic carbocycles. The number of benzene rings is 2. The number of rotatable bonds is 9. The van der Waals surface area contributed by atoms with Gasteiger partial charge in [-0.1, -0.05) is 35.3 Å². The molecule has 1 saturated heterocycles. The summed E-state index contributed by atoms with van der Waals surface area (Å²) in [5.74, 6) is -0.150. The van der Waals surface area contributed by atoms with E-state index in [1.165, 1.54) is 10.5 Å². The Kier molecular flexibility index (Phi) is 9.38. The Morgan fingerprint density at radius 3 is 2.27 bits per heavy atom. The Bertz CT molecular complexity index is 945. The first-order valence-electron chi connectivity index (χ1n) is 10.9. The molecule has 178 valence electrons. The van der Waals surface area contributed by atoms with Crippen LogP contribution >= 0.6 is 23.2 Å². The number of ether oxygens (including phenoxy) is 1. The topological polar surface area (TPSA) is 65.1 Å². The molecule has 1 N–H and O–H groups in total. The van der Waals surface area contributed by atoms with Gasteiger partial charge in [-0.15, -0.1) is 0 Å². The summed E-state index contributed by atoms with van der Waals surface area (Å²) in [7, 11) is 3.30.